The van der Waals surface area contributed by atoms with Crippen molar-refractivity contribution in [2.24, 2.45) is 14.1 Å². The van der Waals surface area contributed by atoms with Crippen LogP contribution in [0.15, 0.2) is 170 Å². The maximum Gasteiger partial charge on any atom is 0.0642 e. The summed E-state index contributed by atoms with van der Waals surface area (Å²) in [5, 5.41) is 15.5. The van der Waals surface area contributed by atoms with E-state index >= 15 is 0 Å². The lowest BCUT2D eigenvalue weighted by Crippen LogP contribution is -1.93. The minimum Gasteiger partial charge on any atom is -0.343 e. The zero-order valence-electron chi connectivity index (χ0n) is 33.0. The minimum absolute atomic E-state index is 1.22. The predicted molar refractivity (Wildman–Crippen MR) is 255 cm³/mol. The Balaban J connectivity index is 1.35. The Hall–Kier alpha value is -7.82. The molecular formula is C56H34N4. The van der Waals surface area contributed by atoms with Gasteiger partial charge in [0.15, 0.2) is 0 Å². The van der Waals surface area contributed by atoms with E-state index in [4.69, 9.17) is 0 Å². The maximum atomic E-state index is 2.64. The SMILES string of the molecule is Cn1c2ccccc2c2cc3c4c(-c5ccccc5)c5c(c(-c6ccccc6)c4n4c6ccccc6c(c21)c34)c1cc2c3ccccc3n(C)c2c2c3ccccc3n5c12. The number of benzene rings is 9. The molecule has 0 amide bonds. The number of aryl methyl sites for hydroxylation is 2. The van der Waals surface area contributed by atoms with Crippen LogP contribution in [0.3, 0.4) is 0 Å². The zero-order chi connectivity index (χ0) is 39.1. The van der Waals surface area contributed by atoms with Gasteiger partial charge >= 0.3 is 0 Å². The van der Waals surface area contributed by atoms with Crippen LogP contribution < -0.4 is 0 Å². The molecule has 9 aromatic carbocycles. The van der Waals surface area contributed by atoms with Crippen molar-refractivity contribution in [3.8, 4) is 22.3 Å². The van der Waals surface area contributed by atoms with Gasteiger partial charge in [-0.05, 0) is 47.5 Å². The van der Waals surface area contributed by atoms with Crippen molar-refractivity contribution < 1.29 is 0 Å². The first-order valence-electron chi connectivity index (χ1n) is 20.9. The number of hydrogen-bond donors (Lipinski definition) is 0. The topological polar surface area (TPSA) is 18.7 Å². The van der Waals surface area contributed by atoms with Crippen LogP contribution in [-0.4, -0.2) is 17.9 Å². The third-order valence-corrected chi connectivity index (χ3v) is 14.2. The van der Waals surface area contributed by atoms with Gasteiger partial charge in [-0.15, -0.1) is 0 Å². The summed E-state index contributed by atoms with van der Waals surface area (Å²) in [6.45, 7) is 0. The van der Waals surface area contributed by atoms with E-state index in [-0.39, 0.29) is 0 Å². The Morgan fingerprint density at radius 3 is 1.03 bits per heavy atom. The Morgan fingerprint density at radius 2 is 0.617 bits per heavy atom. The van der Waals surface area contributed by atoms with E-state index in [1.165, 1.54) is 142 Å². The van der Waals surface area contributed by atoms with Crippen molar-refractivity contribution in [3.63, 3.8) is 0 Å². The molecule has 60 heavy (non-hydrogen) atoms. The molecule has 15 rings (SSSR count). The summed E-state index contributed by atoms with van der Waals surface area (Å²) in [5.74, 6) is 0. The van der Waals surface area contributed by atoms with Crippen molar-refractivity contribution >= 4 is 120 Å². The lowest BCUT2D eigenvalue weighted by Gasteiger charge is -2.16. The van der Waals surface area contributed by atoms with Crippen molar-refractivity contribution in [2.45, 2.75) is 0 Å². The quantitative estimate of drug-likeness (QED) is 0.167. The van der Waals surface area contributed by atoms with Crippen LogP contribution in [0.4, 0.5) is 0 Å². The Bertz CT molecular complexity index is 4060. The molecule has 0 spiro atoms. The van der Waals surface area contributed by atoms with E-state index in [2.05, 4.69) is 202 Å². The molecule has 278 valence electrons. The van der Waals surface area contributed by atoms with Crippen LogP contribution in [0.5, 0.6) is 0 Å². The van der Waals surface area contributed by atoms with Crippen LogP contribution in [-0.2, 0) is 14.1 Å². The molecule has 4 heteroatoms. The number of rotatable bonds is 2. The first-order chi connectivity index (χ1) is 29.7. The third-order valence-electron chi connectivity index (χ3n) is 14.2. The van der Waals surface area contributed by atoms with Gasteiger partial charge in [0.1, 0.15) is 0 Å². The molecule has 0 fully saturated rings. The van der Waals surface area contributed by atoms with E-state index in [0.29, 0.717) is 0 Å². The van der Waals surface area contributed by atoms with Gasteiger partial charge in [-0.25, -0.2) is 0 Å². The Morgan fingerprint density at radius 1 is 0.267 bits per heavy atom. The number of nitrogens with zero attached hydrogens (tertiary/aromatic N) is 4. The van der Waals surface area contributed by atoms with Crippen LogP contribution in [0.2, 0.25) is 0 Å². The monoisotopic (exact) mass is 762 g/mol. The molecule has 0 aliphatic heterocycles. The molecule has 0 radical (unpaired) electrons. The molecule has 6 aromatic heterocycles. The molecule has 0 saturated heterocycles. The number of para-hydroxylation sites is 4. The highest BCUT2D eigenvalue weighted by molar-refractivity contribution is 6.42. The summed E-state index contributed by atoms with van der Waals surface area (Å²) in [5.41, 5.74) is 17.7. The molecule has 0 N–H and O–H groups in total. The molecule has 0 aliphatic rings. The summed E-state index contributed by atoms with van der Waals surface area (Å²) in [7, 11) is 4.49. The van der Waals surface area contributed by atoms with E-state index in [0.717, 1.165) is 0 Å². The highest BCUT2D eigenvalue weighted by atomic mass is 15.0. The van der Waals surface area contributed by atoms with Crippen LogP contribution in [0.25, 0.3) is 142 Å². The van der Waals surface area contributed by atoms with Gasteiger partial charge in [0.2, 0.25) is 0 Å². The van der Waals surface area contributed by atoms with Crippen molar-refractivity contribution in [3.05, 3.63) is 170 Å². The Kier molecular flexibility index (Phi) is 5.52. The van der Waals surface area contributed by atoms with Crippen molar-refractivity contribution in [2.75, 3.05) is 0 Å². The number of hydrogen-bond acceptors (Lipinski definition) is 0. The van der Waals surface area contributed by atoms with Crippen LogP contribution in [0.1, 0.15) is 0 Å². The van der Waals surface area contributed by atoms with Gasteiger partial charge in [-0.1, -0.05) is 133 Å². The van der Waals surface area contributed by atoms with E-state index < -0.39 is 0 Å². The van der Waals surface area contributed by atoms with Crippen molar-refractivity contribution in [1.29, 1.82) is 0 Å². The van der Waals surface area contributed by atoms with Gasteiger partial charge < -0.3 is 17.9 Å². The molecule has 0 bridgehead atoms. The summed E-state index contributed by atoms with van der Waals surface area (Å²) in [6.07, 6.45) is 0. The van der Waals surface area contributed by atoms with Crippen LogP contribution in [0, 0.1) is 0 Å². The molecule has 0 unspecified atom stereocenters. The molecule has 15 aromatic rings. The number of aromatic nitrogens is 4. The van der Waals surface area contributed by atoms with Gasteiger partial charge in [0.25, 0.3) is 0 Å². The molecule has 4 nitrogen and oxygen atoms in total. The second-order valence-corrected chi connectivity index (χ2v) is 16.9. The molecule has 0 atom stereocenters. The van der Waals surface area contributed by atoms with E-state index in [1.54, 1.807) is 0 Å². The number of fused-ring (bicyclic) bond motifs is 20. The second-order valence-electron chi connectivity index (χ2n) is 16.9. The van der Waals surface area contributed by atoms with Gasteiger partial charge in [-0.3, -0.25) is 0 Å². The highest BCUT2D eigenvalue weighted by Crippen LogP contribution is 2.56. The standard InChI is InChI=1S/C56H34N4/c1-57-41-25-13-9-21-33(41)37-29-39-47-45(31-17-5-3-6-18-31)56-48(46(32-19-7-4-8-20-32)55(47)59-43-27-15-11-23-35(43)49(51(37)57)53(39)59)40-30-38-34-22-10-14-26-42(34)58(2)52(38)50-36-24-12-16-28-44(36)60(56)54(40)50/h3-30H,1-2H3. The molecule has 0 aliphatic carbocycles. The molecule has 0 saturated carbocycles. The fourth-order valence-electron chi connectivity index (χ4n) is 11.9. The lowest BCUT2D eigenvalue weighted by atomic mass is 9.89. The van der Waals surface area contributed by atoms with E-state index in [9.17, 15) is 0 Å². The Labute approximate surface area is 342 Å². The molecule has 6 heterocycles. The summed E-state index contributed by atoms with van der Waals surface area (Å²) in [4.78, 5) is 0. The van der Waals surface area contributed by atoms with Gasteiger partial charge in [0.05, 0.1) is 44.1 Å². The minimum atomic E-state index is 1.22. The largest absolute Gasteiger partial charge is 0.343 e. The first kappa shape index (κ1) is 31.2. The third kappa shape index (κ3) is 3.43. The fraction of sp³-hybridized carbons (Fsp3) is 0.0357. The summed E-state index contributed by atoms with van der Waals surface area (Å²) < 4.78 is 10.1. The van der Waals surface area contributed by atoms with Gasteiger partial charge in [0, 0.05) is 101 Å². The summed E-state index contributed by atoms with van der Waals surface area (Å²) in [6, 6.07) is 63.5. The van der Waals surface area contributed by atoms with Gasteiger partial charge in [-0.2, -0.15) is 0 Å². The smallest absolute Gasteiger partial charge is 0.0642 e. The average Bonchev–Trinajstić information content (AvgIpc) is 4.13. The van der Waals surface area contributed by atoms with Crippen LogP contribution >= 0.6 is 0 Å². The fourth-order valence-corrected chi connectivity index (χ4v) is 11.9. The molecular weight excluding hydrogens is 729 g/mol. The first-order valence-corrected chi connectivity index (χ1v) is 20.9. The highest BCUT2D eigenvalue weighted by Gasteiger charge is 2.33. The van der Waals surface area contributed by atoms with E-state index in [1.807, 2.05) is 0 Å². The second kappa shape index (κ2) is 10.6. The summed E-state index contributed by atoms with van der Waals surface area (Å²) >= 11 is 0. The predicted octanol–water partition coefficient (Wildman–Crippen LogP) is 14.6. The lowest BCUT2D eigenvalue weighted by molar-refractivity contribution is 1.02. The average molecular weight is 763 g/mol. The maximum absolute atomic E-state index is 2.64. The normalized spacial score (nSPS) is 12.8. The zero-order valence-corrected chi connectivity index (χ0v) is 33.0. The van der Waals surface area contributed by atoms with Crippen molar-refractivity contribution in [1.82, 2.24) is 17.9 Å².